The third kappa shape index (κ3) is 2.34. The van der Waals surface area contributed by atoms with Crippen LogP contribution in [0.3, 0.4) is 0 Å². The van der Waals surface area contributed by atoms with E-state index < -0.39 is 0 Å². The maximum absolute atomic E-state index is 12.9. The molecule has 1 rings (SSSR count). The summed E-state index contributed by atoms with van der Waals surface area (Å²) >= 11 is 9.13. The number of nitriles is 1. The summed E-state index contributed by atoms with van der Waals surface area (Å²) in [6.07, 6.45) is 0. The third-order valence-electron chi connectivity index (χ3n) is 1.66. The van der Waals surface area contributed by atoms with Gasteiger partial charge in [-0.2, -0.15) is 5.26 Å². The van der Waals surface area contributed by atoms with E-state index in [-0.39, 0.29) is 10.8 Å². The summed E-state index contributed by atoms with van der Waals surface area (Å²) in [5.41, 5.74) is 0.851. The van der Waals surface area contributed by atoms with Crippen LogP contribution in [0.5, 0.6) is 0 Å². The molecule has 0 amide bonds. The van der Waals surface area contributed by atoms with Crippen molar-refractivity contribution in [2.75, 3.05) is 0 Å². The first-order valence-corrected chi connectivity index (χ1v) is 4.95. The average molecular weight is 275 g/mol. The maximum atomic E-state index is 12.9. The van der Waals surface area contributed by atoms with Gasteiger partial charge in [0.05, 0.1) is 11.1 Å². The Morgan fingerprint density at radius 3 is 2.79 bits per heavy atom. The fraction of sp³-hybridized carbons (Fsp3) is 0.100. The highest BCUT2D eigenvalue weighted by Gasteiger charge is 2.08. The Balaban J connectivity index is 3.34. The largest absolute Gasteiger partial charge is 0.207 e. The van der Waals surface area contributed by atoms with E-state index in [1.165, 1.54) is 12.1 Å². The van der Waals surface area contributed by atoms with Gasteiger partial charge in [0, 0.05) is 15.6 Å². The molecule has 0 unspecified atom stereocenters. The standard InChI is InChI=1S/C10H6BrClFN/c1-6(5-14)10(12)8-4-7(13)2-3-9(8)11/h2-4H,1H3. The first-order valence-electron chi connectivity index (χ1n) is 3.78. The van der Waals surface area contributed by atoms with E-state index in [9.17, 15) is 4.39 Å². The third-order valence-corrected chi connectivity index (χ3v) is 2.84. The molecule has 0 spiro atoms. The van der Waals surface area contributed by atoms with Crippen LogP contribution in [0.1, 0.15) is 12.5 Å². The van der Waals surface area contributed by atoms with E-state index in [1.54, 1.807) is 13.0 Å². The Labute approximate surface area is 94.9 Å². The highest BCUT2D eigenvalue weighted by molar-refractivity contribution is 9.10. The summed E-state index contributed by atoms with van der Waals surface area (Å²) in [6, 6.07) is 6.07. The number of halogens is 3. The Kier molecular flexibility index (Phi) is 3.68. The smallest absolute Gasteiger partial charge is 0.123 e. The van der Waals surface area contributed by atoms with Crippen LogP contribution in [0.25, 0.3) is 5.03 Å². The number of nitrogens with zero attached hydrogens (tertiary/aromatic N) is 1. The van der Waals surface area contributed by atoms with Crippen molar-refractivity contribution in [2.45, 2.75) is 6.92 Å². The second kappa shape index (κ2) is 4.59. The van der Waals surface area contributed by atoms with Crippen molar-refractivity contribution in [1.29, 1.82) is 5.26 Å². The van der Waals surface area contributed by atoms with Crippen LogP contribution in [0.4, 0.5) is 4.39 Å². The number of hydrogen-bond acceptors (Lipinski definition) is 1. The molecule has 0 fully saturated rings. The van der Waals surface area contributed by atoms with Crippen molar-refractivity contribution in [3.63, 3.8) is 0 Å². The van der Waals surface area contributed by atoms with Gasteiger partial charge in [-0.05, 0) is 25.1 Å². The van der Waals surface area contributed by atoms with Gasteiger partial charge in [-0.25, -0.2) is 4.39 Å². The van der Waals surface area contributed by atoms with Crippen molar-refractivity contribution < 1.29 is 4.39 Å². The van der Waals surface area contributed by atoms with Gasteiger partial charge in [-0.15, -0.1) is 0 Å². The molecule has 14 heavy (non-hydrogen) atoms. The summed E-state index contributed by atoms with van der Waals surface area (Å²) in [5.74, 6) is -0.382. The lowest BCUT2D eigenvalue weighted by Crippen LogP contribution is -1.85. The van der Waals surface area contributed by atoms with Crippen LogP contribution in [-0.2, 0) is 0 Å². The molecule has 0 atom stereocenters. The minimum Gasteiger partial charge on any atom is -0.207 e. The first-order chi connectivity index (χ1) is 6.56. The Morgan fingerprint density at radius 1 is 1.57 bits per heavy atom. The van der Waals surface area contributed by atoms with Gasteiger partial charge in [0.2, 0.25) is 0 Å². The molecule has 0 saturated heterocycles. The lowest BCUT2D eigenvalue weighted by atomic mass is 10.1. The van der Waals surface area contributed by atoms with Crippen LogP contribution in [0, 0.1) is 17.1 Å². The van der Waals surface area contributed by atoms with Crippen LogP contribution in [0.2, 0.25) is 0 Å². The van der Waals surface area contributed by atoms with E-state index >= 15 is 0 Å². The van der Waals surface area contributed by atoms with Gasteiger partial charge in [-0.1, -0.05) is 27.5 Å². The van der Waals surface area contributed by atoms with Crippen molar-refractivity contribution in [3.8, 4) is 6.07 Å². The molecule has 4 heteroatoms. The van der Waals surface area contributed by atoms with E-state index in [2.05, 4.69) is 15.9 Å². The summed E-state index contributed by atoms with van der Waals surface area (Å²) in [6.45, 7) is 1.58. The molecule has 72 valence electrons. The highest BCUT2D eigenvalue weighted by atomic mass is 79.9. The van der Waals surface area contributed by atoms with Crippen LogP contribution < -0.4 is 0 Å². The number of benzene rings is 1. The van der Waals surface area contributed by atoms with Crippen molar-refractivity contribution in [3.05, 3.63) is 39.6 Å². The zero-order valence-electron chi connectivity index (χ0n) is 7.31. The Hall–Kier alpha value is -0.850. The zero-order chi connectivity index (χ0) is 10.7. The second-order valence-electron chi connectivity index (χ2n) is 2.67. The van der Waals surface area contributed by atoms with Gasteiger partial charge in [0.1, 0.15) is 5.82 Å². The molecule has 0 heterocycles. The molecule has 1 nitrogen and oxygen atoms in total. The molecule has 1 aromatic carbocycles. The van der Waals surface area contributed by atoms with E-state index in [1.807, 2.05) is 6.07 Å². The van der Waals surface area contributed by atoms with Crippen LogP contribution in [0.15, 0.2) is 28.2 Å². The lowest BCUT2D eigenvalue weighted by Gasteiger charge is -2.03. The minimum atomic E-state index is -0.382. The average Bonchev–Trinajstić information content (AvgIpc) is 2.19. The van der Waals surface area contributed by atoms with E-state index in [0.717, 1.165) is 0 Å². The molecular weight excluding hydrogens is 268 g/mol. The summed E-state index contributed by atoms with van der Waals surface area (Å²) in [7, 11) is 0. The van der Waals surface area contributed by atoms with Crippen LogP contribution in [-0.4, -0.2) is 0 Å². The molecule has 0 radical (unpaired) electrons. The molecule has 0 aromatic heterocycles. The predicted molar refractivity (Wildman–Crippen MR) is 58.2 cm³/mol. The van der Waals surface area contributed by atoms with Crippen molar-refractivity contribution in [2.24, 2.45) is 0 Å². The predicted octanol–water partition coefficient (Wildman–Crippen LogP) is 4.08. The lowest BCUT2D eigenvalue weighted by molar-refractivity contribution is 0.627. The SMILES string of the molecule is CC(C#N)=C(Cl)c1cc(F)ccc1Br. The number of rotatable bonds is 1. The quantitative estimate of drug-likeness (QED) is 0.708. The summed E-state index contributed by atoms with van der Waals surface area (Å²) in [4.78, 5) is 0. The van der Waals surface area contributed by atoms with Gasteiger partial charge in [0.15, 0.2) is 0 Å². The molecule has 0 N–H and O–H groups in total. The minimum absolute atomic E-state index is 0.263. The van der Waals surface area contributed by atoms with Gasteiger partial charge in [-0.3, -0.25) is 0 Å². The monoisotopic (exact) mass is 273 g/mol. The topological polar surface area (TPSA) is 23.8 Å². The van der Waals surface area contributed by atoms with Gasteiger partial charge >= 0.3 is 0 Å². The highest BCUT2D eigenvalue weighted by Crippen LogP contribution is 2.30. The van der Waals surface area contributed by atoms with Crippen molar-refractivity contribution >= 4 is 32.6 Å². The molecular formula is C10H6BrClFN. The van der Waals surface area contributed by atoms with E-state index in [0.29, 0.717) is 15.6 Å². The molecule has 0 aliphatic rings. The first kappa shape index (κ1) is 11.2. The summed E-state index contributed by atoms with van der Waals surface area (Å²) in [5, 5.41) is 8.89. The molecule has 1 aromatic rings. The normalized spacial score (nSPS) is 11.9. The van der Waals surface area contributed by atoms with Gasteiger partial charge < -0.3 is 0 Å². The van der Waals surface area contributed by atoms with Crippen LogP contribution >= 0.6 is 27.5 Å². The fourth-order valence-electron chi connectivity index (χ4n) is 0.917. The molecule has 0 aliphatic carbocycles. The fourth-order valence-corrected chi connectivity index (χ4v) is 1.67. The maximum Gasteiger partial charge on any atom is 0.123 e. The second-order valence-corrected chi connectivity index (χ2v) is 3.91. The van der Waals surface area contributed by atoms with Gasteiger partial charge in [0.25, 0.3) is 0 Å². The zero-order valence-corrected chi connectivity index (χ0v) is 9.66. The Bertz CT molecular complexity index is 434. The molecule has 0 saturated carbocycles. The number of allylic oxidation sites excluding steroid dienone is 1. The number of hydrogen-bond donors (Lipinski definition) is 0. The molecule has 0 bridgehead atoms. The molecule has 0 aliphatic heterocycles. The van der Waals surface area contributed by atoms with E-state index in [4.69, 9.17) is 16.9 Å². The summed E-state index contributed by atoms with van der Waals surface area (Å²) < 4.78 is 13.6. The van der Waals surface area contributed by atoms with Crippen molar-refractivity contribution in [1.82, 2.24) is 0 Å². The Morgan fingerprint density at radius 2 is 2.21 bits per heavy atom.